The lowest BCUT2D eigenvalue weighted by Crippen LogP contribution is -2.24. The zero-order valence-corrected chi connectivity index (χ0v) is 15.8. The Labute approximate surface area is 150 Å². The van der Waals surface area contributed by atoms with Crippen LogP contribution in [-0.2, 0) is 6.18 Å². The lowest BCUT2D eigenvalue weighted by Gasteiger charge is -2.30. The SMILES string of the molecule is CCCCC(CCCC)C1CN(C)C[C@@H]1c1ccccc1C(F)(F)F. The summed E-state index contributed by atoms with van der Waals surface area (Å²) < 4.78 is 40.6. The molecule has 0 saturated carbocycles. The molecule has 1 aliphatic rings. The van der Waals surface area contributed by atoms with Crippen LogP contribution in [0.3, 0.4) is 0 Å². The largest absolute Gasteiger partial charge is 0.416 e. The van der Waals surface area contributed by atoms with Crippen molar-refractivity contribution in [2.24, 2.45) is 11.8 Å². The Hall–Kier alpha value is -1.03. The van der Waals surface area contributed by atoms with E-state index in [2.05, 4.69) is 18.7 Å². The van der Waals surface area contributed by atoms with Crippen LogP contribution < -0.4 is 0 Å². The summed E-state index contributed by atoms with van der Waals surface area (Å²) in [5.41, 5.74) is 0.0624. The number of halogens is 3. The normalized spacial score (nSPS) is 22.0. The monoisotopic (exact) mass is 355 g/mol. The highest BCUT2D eigenvalue weighted by Crippen LogP contribution is 2.44. The number of hydrogen-bond acceptors (Lipinski definition) is 1. The third-order valence-electron chi connectivity index (χ3n) is 5.68. The molecule has 4 heteroatoms. The molecule has 0 aromatic heterocycles. The van der Waals surface area contributed by atoms with Gasteiger partial charge >= 0.3 is 6.18 Å². The van der Waals surface area contributed by atoms with Gasteiger partial charge in [0.25, 0.3) is 0 Å². The summed E-state index contributed by atoms with van der Waals surface area (Å²) in [6, 6.07) is 6.22. The fraction of sp³-hybridized carbons (Fsp3) is 0.714. The first kappa shape index (κ1) is 20.3. The van der Waals surface area contributed by atoms with Crippen LogP contribution in [0.15, 0.2) is 24.3 Å². The molecule has 0 aliphatic carbocycles. The highest BCUT2D eigenvalue weighted by molar-refractivity contribution is 5.34. The van der Waals surface area contributed by atoms with Crippen molar-refractivity contribution in [1.29, 1.82) is 0 Å². The summed E-state index contributed by atoms with van der Waals surface area (Å²) in [5.74, 6) is 0.837. The summed E-state index contributed by atoms with van der Waals surface area (Å²) in [4.78, 5) is 2.22. The number of alkyl halides is 3. The van der Waals surface area contributed by atoms with Crippen LogP contribution in [0.2, 0.25) is 0 Å². The summed E-state index contributed by atoms with van der Waals surface area (Å²) in [5, 5.41) is 0. The van der Waals surface area contributed by atoms with Crippen LogP contribution in [-0.4, -0.2) is 25.0 Å². The molecule has 0 spiro atoms. The Kier molecular flexibility index (Phi) is 7.36. The number of benzene rings is 1. The summed E-state index contributed by atoms with van der Waals surface area (Å²) in [7, 11) is 2.04. The van der Waals surface area contributed by atoms with Crippen molar-refractivity contribution in [2.75, 3.05) is 20.1 Å². The van der Waals surface area contributed by atoms with E-state index in [0.717, 1.165) is 38.8 Å². The summed E-state index contributed by atoms with van der Waals surface area (Å²) in [6.07, 6.45) is 2.64. The topological polar surface area (TPSA) is 3.24 Å². The van der Waals surface area contributed by atoms with Gasteiger partial charge in [-0.1, -0.05) is 70.6 Å². The maximum absolute atomic E-state index is 13.5. The van der Waals surface area contributed by atoms with Gasteiger partial charge in [-0.2, -0.15) is 13.2 Å². The molecule has 1 fully saturated rings. The lowest BCUT2D eigenvalue weighted by atomic mass is 9.75. The van der Waals surface area contributed by atoms with E-state index in [0.29, 0.717) is 17.4 Å². The summed E-state index contributed by atoms with van der Waals surface area (Å²) in [6.45, 7) is 6.02. The van der Waals surface area contributed by atoms with Crippen molar-refractivity contribution >= 4 is 0 Å². The van der Waals surface area contributed by atoms with Crippen molar-refractivity contribution in [1.82, 2.24) is 4.90 Å². The quantitative estimate of drug-likeness (QED) is 0.525. The minimum Gasteiger partial charge on any atom is -0.305 e. The molecule has 1 nitrogen and oxygen atoms in total. The van der Waals surface area contributed by atoms with E-state index in [1.165, 1.54) is 25.0 Å². The first-order valence-corrected chi connectivity index (χ1v) is 9.73. The van der Waals surface area contributed by atoms with Gasteiger partial charge in [0.2, 0.25) is 0 Å². The molecule has 1 saturated heterocycles. The second-order valence-electron chi connectivity index (χ2n) is 7.62. The van der Waals surface area contributed by atoms with Crippen LogP contribution in [0.1, 0.15) is 69.4 Å². The van der Waals surface area contributed by atoms with Crippen molar-refractivity contribution in [3.05, 3.63) is 35.4 Å². The third-order valence-corrected chi connectivity index (χ3v) is 5.68. The Morgan fingerprint density at radius 3 is 2.20 bits per heavy atom. The van der Waals surface area contributed by atoms with E-state index in [1.54, 1.807) is 12.1 Å². The third kappa shape index (κ3) is 5.22. The van der Waals surface area contributed by atoms with Gasteiger partial charge in [-0.15, -0.1) is 0 Å². The molecule has 1 unspecified atom stereocenters. The Morgan fingerprint density at radius 2 is 1.64 bits per heavy atom. The van der Waals surface area contributed by atoms with Crippen LogP contribution in [0.4, 0.5) is 13.2 Å². The van der Waals surface area contributed by atoms with Crippen LogP contribution in [0, 0.1) is 11.8 Å². The van der Waals surface area contributed by atoms with Crippen LogP contribution in [0.5, 0.6) is 0 Å². The predicted octanol–water partition coefficient (Wildman–Crippen LogP) is 6.35. The molecule has 0 amide bonds. The van der Waals surface area contributed by atoms with E-state index >= 15 is 0 Å². The zero-order valence-electron chi connectivity index (χ0n) is 15.8. The molecule has 1 heterocycles. The number of unbranched alkanes of at least 4 members (excludes halogenated alkanes) is 2. The molecule has 0 bridgehead atoms. The van der Waals surface area contributed by atoms with E-state index in [9.17, 15) is 13.2 Å². The number of likely N-dealkylation sites (tertiary alicyclic amines) is 1. The Balaban J connectivity index is 2.31. The molecule has 25 heavy (non-hydrogen) atoms. The van der Waals surface area contributed by atoms with Crippen molar-refractivity contribution < 1.29 is 13.2 Å². The second kappa shape index (κ2) is 9.07. The van der Waals surface area contributed by atoms with Gasteiger partial charge in [-0.05, 0) is 30.5 Å². The molecule has 2 rings (SSSR count). The second-order valence-corrected chi connectivity index (χ2v) is 7.62. The van der Waals surface area contributed by atoms with Crippen molar-refractivity contribution in [3.63, 3.8) is 0 Å². The molecule has 1 aliphatic heterocycles. The van der Waals surface area contributed by atoms with Gasteiger partial charge in [0.15, 0.2) is 0 Å². The van der Waals surface area contributed by atoms with Crippen molar-refractivity contribution in [3.8, 4) is 0 Å². The average molecular weight is 355 g/mol. The van der Waals surface area contributed by atoms with Crippen LogP contribution >= 0.6 is 0 Å². The number of hydrogen-bond donors (Lipinski definition) is 0. The van der Waals surface area contributed by atoms with Gasteiger partial charge in [-0.3, -0.25) is 0 Å². The standard InChI is InChI=1S/C21H32F3N/c1-4-6-10-16(11-7-5-2)18-14-25(3)15-19(18)17-12-8-9-13-20(17)21(22,23)24/h8-9,12-13,16,18-19H,4-7,10-11,14-15H2,1-3H3/t18?,19-/m1/s1. The smallest absolute Gasteiger partial charge is 0.305 e. The molecule has 0 N–H and O–H groups in total. The Bertz CT molecular complexity index is 518. The van der Waals surface area contributed by atoms with Gasteiger partial charge in [0.1, 0.15) is 0 Å². The average Bonchev–Trinajstić information content (AvgIpc) is 2.96. The minimum atomic E-state index is -4.27. The maximum Gasteiger partial charge on any atom is 0.416 e. The van der Waals surface area contributed by atoms with Crippen LogP contribution in [0.25, 0.3) is 0 Å². The van der Waals surface area contributed by atoms with E-state index < -0.39 is 11.7 Å². The lowest BCUT2D eigenvalue weighted by molar-refractivity contribution is -0.138. The first-order valence-electron chi connectivity index (χ1n) is 9.73. The van der Waals surface area contributed by atoms with E-state index in [1.807, 2.05) is 7.05 Å². The molecular formula is C21H32F3N. The highest BCUT2D eigenvalue weighted by atomic mass is 19.4. The molecule has 142 valence electrons. The fourth-order valence-corrected chi connectivity index (χ4v) is 4.42. The zero-order chi connectivity index (χ0) is 18.4. The number of nitrogens with zero attached hydrogens (tertiary/aromatic N) is 1. The molecule has 1 aromatic rings. The van der Waals surface area contributed by atoms with Gasteiger partial charge < -0.3 is 4.90 Å². The Morgan fingerprint density at radius 1 is 1.04 bits per heavy atom. The summed E-state index contributed by atoms with van der Waals surface area (Å²) >= 11 is 0. The maximum atomic E-state index is 13.5. The number of rotatable bonds is 8. The molecule has 0 radical (unpaired) electrons. The van der Waals surface area contributed by atoms with Gasteiger partial charge in [0, 0.05) is 19.0 Å². The number of likely N-dealkylation sites (N-methyl/N-ethyl adjacent to an activating group) is 1. The van der Waals surface area contributed by atoms with Gasteiger partial charge in [0.05, 0.1) is 5.56 Å². The van der Waals surface area contributed by atoms with E-state index in [4.69, 9.17) is 0 Å². The fourth-order valence-electron chi connectivity index (χ4n) is 4.42. The first-order chi connectivity index (χ1) is 11.9. The highest BCUT2D eigenvalue weighted by Gasteiger charge is 2.41. The van der Waals surface area contributed by atoms with Crippen molar-refractivity contribution in [2.45, 2.75) is 64.5 Å². The predicted molar refractivity (Wildman–Crippen MR) is 97.7 cm³/mol. The molecule has 1 aromatic carbocycles. The van der Waals surface area contributed by atoms with Gasteiger partial charge in [-0.25, -0.2) is 0 Å². The molecular weight excluding hydrogens is 323 g/mol. The molecule has 2 atom stereocenters. The minimum absolute atomic E-state index is 0.0125. The van der Waals surface area contributed by atoms with E-state index in [-0.39, 0.29) is 5.92 Å².